The van der Waals surface area contributed by atoms with Crippen LogP contribution in [-0.2, 0) is 9.59 Å². The first-order valence-electron chi connectivity index (χ1n) is 7.67. The van der Waals surface area contributed by atoms with E-state index in [1.165, 1.54) is 0 Å². The van der Waals surface area contributed by atoms with Gasteiger partial charge in [0.15, 0.2) is 5.69 Å². The van der Waals surface area contributed by atoms with Crippen LogP contribution in [-0.4, -0.2) is 53.5 Å². The Hall–Kier alpha value is -2.38. The number of aryl methyl sites for hydroxylation is 1. The summed E-state index contributed by atoms with van der Waals surface area (Å²) < 4.78 is 4.82. The molecule has 23 heavy (non-hydrogen) atoms. The highest BCUT2D eigenvalue weighted by atomic mass is 16.5. The van der Waals surface area contributed by atoms with Gasteiger partial charge in [-0.2, -0.15) is 0 Å². The van der Waals surface area contributed by atoms with Crippen molar-refractivity contribution in [2.24, 2.45) is 5.92 Å². The molecule has 1 aliphatic heterocycles. The molecule has 0 spiro atoms. The van der Waals surface area contributed by atoms with Crippen molar-refractivity contribution in [1.82, 2.24) is 20.7 Å². The minimum absolute atomic E-state index is 0.00912. The van der Waals surface area contributed by atoms with E-state index < -0.39 is 0 Å². The number of carbonyl (C=O) groups excluding carboxylic acids is 3. The van der Waals surface area contributed by atoms with Crippen LogP contribution in [0.2, 0.25) is 0 Å². The summed E-state index contributed by atoms with van der Waals surface area (Å²) in [6, 6.07) is 1.64. The van der Waals surface area contributed by atoms with Crippen molar-refractivity contribution < 1.29 is 18.9 Å². The van der Waals surface area contributed by atoms with Crippen molar-refractivity contribution in [3.8, 4) is 0 Å². The summed E-state index contributed by atoms with van der Waals surface area (Å²) in [7, 11) is 0. The molecule has 8 nitrogen and oxygen atoms in total. The van der Waals surface area contributed by atoms with Crippen molar-refractivity contribution in [1.29, 1.82) is 0 Å². The Morgan fingerprint density at radius 1 is 1.39 bits per heavy atom. The molecule has 0 radical (unpaired) electrons. The van der Waals surface area contributed by atoms with E-state index in [2.05, 4.69) is 15.8 Å². The number of likely N-dealkylation sites (tertiary alicyclic amines) is 1. The molecule has 0 aliphatic carbocycles. The molecule has 0 aromatic carbocycles. The van der Waals surface area contributed by atoms with Crippen molar-refractivity contribution in [2.45, 2.75) is 33.2 Å². The Morgan fingerprint density at radius 2 is 2.09 bits per heavy atom. The zero-order valence-corrected chi connectivity index (χ0v) is 13.6. The van der Waals surface area contributed by atoms with Gasteiger partial charge in [-0.15, -0.1) is 0 Å². The Balaban J connectivity index is 1.69. The summed E-state index contributed by atoms with van der Waals surface area (Å²) in [6.07, 6.45) is 0.245. The zero-order valence-electron chi connectivity index (χ0n) is 13.6. The maximum atomic E-state index is 12.0. The van der Waals surface area contributed by atoms with E-state index in [0.717, 1.165) is 0 Å². The summed E-state index contributed by atoms with van der Waals surface area (Å²) in [4.78, 5) is 37.3. The summed E-state index contributed by atoms with van der Waals surface area (Å²) >= 11 is 0. The molecule has 1 saturated heterocycles. The highest BCUT2D eigenvalue weighted by Gasteiger charge is 2.35. The van der Waals surface area contributed by atoms with E-state index in [0.29, 0.717) is 18.8 Å². The Kier molecular flexibility index (Phi) is 5.36. The second-order valence-corrected chi connectivity index (χ2v) is 5.91. The second-order valence-electron chi connectivity index (χ2n) is 5.91. The number of hydrogen-bond acceptors (Lipinski definition) is 5. The monoisotopic (exact) mass is 322 g/mol. The summed E-state index contributed by atoms with van der Waals surface area (Å²) in [6.45, 7) is 6.59. The van der Waals surface area contributed by atoms with Crippen LogP contribution in [0.5, 0.6) is 0 Å². The van der Waals surface area contributed by atoms with Crippen LogP contribution in [0.15, 0.2) is 10.6 Å². The number of nitrogens with zero attached hydrogens (tertiary/aromatic N) is 2. The number of nitrogens with one attached hydrogen (secondary N) is 2. The lowest BCUT2D eigenvalue weighted by molar-refractivity contribution is -0.129. The lowest BCUT2D eigenvalue weighted by Crippen LogP contribution is -2.39. The molecule has 0 bridgehead atoms. The van der Waals surface area contributed by atoms with Gasteiger partial charge in [0, 0.05) is 38.2 Å². The van der Waals surface area contributed by atoms with Crippen LogP contribution < -0.4 is 10.6 Å². The SMILES string of the molecule is Cc1cc(C(=O)NCCNC(=O)C2CC(=O)N(C(C)C)C2)no1. The third kappa shape index (κ3) is 4.30. The Morgan fingerprint density at radius 3 is 2.65 bits per heavy atom. The lowest BCUT2D eigenvalue weighted by atomic mass is 10.1. The van der Waals surface area contributed by atoms with E-state index in [1.807, 2.05) is 13.8 Å². The van der Waals surface area contributed by atoms with Crippen LogP contribution in [0.1, 0.15) is 36.5 Å². The fourth-order valence-corrected chi connectivity index (χ4v) is 2.48. The van der Waals surface area contributed by atoms with Gasteiger partial charge in [-0.05, 0) is 20.8 Å². The second kappa shape index (κ2) is 7.26. The Labute approximate surface area is 134 Å². The smallest absolute Gasteiger partial charge is 0.273 e. The molecule has 2 N–H and O–H groups in total. The van der Waals surface area contributed by atoms with E-state index >= 15 is 0 Å². The van der Waals surface area contributed by atoms with Crippen LogP contribution in [0.25, 0.3) is 0 Å². The van der Waals surface area contributed by atoms with E-state index in [1.54, 1.807) is 17.9 Å². The molecule has 1 atom stereocenters. The molecule has 1 fully saturated rings. The van der Waals surface area contributed by atoms with Gasteiger partial charge in [-0.3, -0.25) is 14.4 Å². The average molecular weight is 322 g/mol. The van der Waals surface area contributed by atoms with Gasteiger partial charge in [0.2, 0.25) is 11.8 Å². The quantitative estimate of drug-likeness (QED) is 0.722. The number of amides is 3. The Bertz CT molecular complexity index is 596. The first-order valence-corrected chi connectivity index (χ1v) is 7.67. The summed E-state index contributed by atoms with van der Waals surface area (Å²) in [5, 5.41) is 8.99. The molecular weight excluding hydrogens is 300 g/mol. The van der Waals surface area contributed by atoms with E-state index in [-0.39, 0.29) is 48.3 Å². The molecule has 126 valence electrons. The molecule has 1 unspecified atom stereocenters. The maximum absolute atomic E-state index is 12.0. The van der Waals surface area contributed by atoms with Gasteiger partial charge >= 0.3 is 0 Å². The largest absolute Gasteiger partial charge is 0.361 e. The molecule has 3 amide bonds. The zero-order chi connectivity index (χ0) is 17.0. The first kappa shape index (κ1) is 17.0. The predicted molar refractivity (Wildman–Crippen MR) is 81.5 cm³/mol. The van der Waals surface area contributed by atoms with Crippen molar-refractivity contribution in [3.05, 3.63) is 17.5 Å². The molecule has 8 heteroatoms. The van der Waals surface area contributed by atoms with Gasteiger partial charge in [0.25, 0.3) is 5.91 Å². The predicted octanol–water partition coefficient (Wildman–Crippen LogP) is 0.0859. The van der Waals surface area contributed by atoms with Gasteiger partial charge in [-0.25, -0.2) is 0 Å². The molecule has 2 heterocycles. The third-order valence-corrected chi connectivity index (χ3v) is 3.72. The topological polar surface area (TPSA) is 105 Å². The van der Waals surface area contributed by atoms with Crippen LogP contribution in [0.4, 0.5) is 0 Å². The number of carbonyl (C=O) groups is 3. The standard InChI is InChI=1S/C15H22N4O4/c1-9(2)19-8-11(7-13(19)20)14(21)16-4-5-17-15(22)12-6-10(3)23-18-12/h6,9,11H,4-5,7-8H2,1-3H3,(H,16,21)(H,17,22). The lowest BCUT2D eigenvalue weighted by Gasteiger charge is -2.20. The molecule has 1 aromatic heterocycles. The number of aromatic nitrogens is 1. The average Bonchev–Trinajstić information content (AvgIpc) is 3.09. The normalized spacial score (nSPS) is 17.7. The molecule has 1 aliphatic rings. The van der Waals surface area contributed by atoms with Gasteiger partial charge in [-0.1, -0.05) is 5.16 Å². The number of hydrogen-bond donors (Lipinski definition) is 2. The van der Waals surface area contributed by atoms with E-state index in [9.17, 15) is 14.4 Å². The van der Waals surface area contributed by atoms with Crippen molar-refractivity contribution in [2.75, 3.05) is 19.6 Å². The van der Waals surface area contributed by atoms with Crippen molar-refractivity contribution in [3.63, 3.8) is 0 Å². The minimum atomic E-state index is -0.349. The maximum Gasteiger partial charge on any atom is 0.273 e. The van der Waals surface area contributed by atoms with Crippen LogP contribution >= 0.6 is 0 Å². The molecule has 2 rings (SSSR count). The fourth-order valence-electron chi connectivity index (χ4n) is 2.48. The molecule has 1 aromatic rings. The minimum Gasteiger partial charge on any atom is -0.361 e. The highest BCUT2D eigenvalue weighted by Crippen LogP contribution is 2.19. The van der Waals surface area contributed by atoms with Gasteiger partial charge in [0.05, 0.1) is 5.92 Å². The highest BCUT2D eigenvalue weighted by molar-refractivity contribution is 5.92. The summed E-state index contributed by atoms with van der Waals surface area (Å²) in [5.41, 5.74) is 0.211. The van der Waals surface area contributed by atoms with Crippen LogP contribution in [0.3, 0.4) is 0 Å². The first-order chi connectivity index (χ1) is 10.9. The summed E-state index contributed by atoms with van der Waals surface area (Å²) in [5.74, 6) is -0.260. The third-order valence-electron chi connectivity index (χ3n) is 3.72. The fraction of sp³-hybridized carbons (Fsp3) is 0.600. The number of rotatable bonds is 6. The van der Waals surface area contributed by atoms with Gasteiger partial charge < -0.3 is 20.1 Å². The van der Waals surface area contributed by atoms with Gasteiger partial charge in [0.1, 0.15) is 5.76 Å². The van der Waals surface area contributed by atoms with Crippen LogP contribution in [0, 0.1) is 12.8 Å². The molecular formula is C15H22N4O4. The van der Waals surface area contributed by atoms with E-state index in [4.69, 9.17) is 4.52 Å². The molecule has 0 saturated carbocycles. The van der Waals surface area contributed by atoms with Crippen molar-refractivity contribution >= 4 is 17.7 Å².